The second-order valence-electron chi connectivity index (χ2n) is 5.57. The molecule has 1 atom stereocenters. The van der Waals surface area contributed by atoms with Gasteiger partial charge in [-0.15, -0.1) is 11.8 Å². The van der Waals surface area contributed by atoms with Gasteiger partial charge >= 0.3 is 0 Å². The van der Waals surface area contributed by atoms with E-state index in [9.17, 15) is 4.79 Å². The molecule has 6 heteroatoms. The van der Waals surface area contributed by atoms with Gasteiger partial charge in [0.1, 0.15) is 22.6 Å². The fraction of sp³-hybridized carbons (Fsp3) is 0.316. The van der Waals surface area contributed by atoms with Gasteiger partial charge in [0.25, 0.3) is 5.91 Å². The molecule has 1 unspecified atom stereocenters. The summed E-state index contributed by atoms with van der Waals surface area (Å²) in [6.07, 6.45) is 0. The van der Waals surface area contributed by atoms with Gasteiger partial charge in [-0.25, -0.2) is 0 Å². The summed E-state index contributed by atoms with van der Waals surface area (Å²) in [5.74, 6) is 2.86. The Morgan fingerprint density at radius 2 is 1.72 bits per heavy atom. The van der Waals surface area contributed by atoms with Gasteiger partial charge in [-0.05, 0) is 29.8 Å². The third-order valence-electron chi connectivity index (χ3n) is 4.15. The molecule has 0 saturated carbocycles. The highest BCUT2D eigenvalue weighted by Gasteiger charge is 2.33. The van der Waals surface area contributed by atoms with Crippen molar-refractivity contribution in [2.75, 3.05) is 33.6 Å². The largest absolute Gasteiger partial charge is 0.497 e. The van der Waals surface area contributed by atoms with E-state index < -0.39 is 0 Å². The summed E-state index contributed by atoms with van der Waals surface area (Å²) in [6.45, 7) is 0.686. The van der Waals surface area contributed by atoms with Crippen molar-refractivity contribution in [3.8, 4) is 17.2 Å². The van der Waals surface area contributed by atoms with E-state index in [0.717, 1.165) is 11.3 Å². The first-order valence-corrected chi connectivity index (χ1v) is 9.01. The molecule has 5 nitrogen and oxygen atoms in total. The van der Waals surface area contributed by atoms with Crippen molar-refractivity contribution in [3.05, 3.63) is 53.6 Å². The summed E-state index contributed by atoms with van der Waals surface area (Å²) in [4.78, 5) is 15.0. The third-order valence-corrected chi connectivity index (χ3v) is 5.41. The van der Waals surface area contributed by atoms with Crippen LogP contribution in [0.25, 0.3) is 0 Å². The lowest BCUT2D eigenvalue weighted by molar-refractivity contribution is 0.0756. The molecule has 0 N–H and O–H groups in total. The lowest BCUT2D eigenvalue weighted by Crippen LogP contribution is -2.30. The van der Waals surface area contributed by atoms with Crippen LogP contribution in [0.3, 0.4) is 0 Å². The topological polar surface area (TPSA) is 48.0 Å². The summed E-state index contributed by atoms with van der Waals surface area (Å²) >= 11 is 1.73. The number of thioether (sulfide) groups is 1. The summed E-state index contributed by atoms with van der Waals surface area (Å²) < 4.78 is 16.1. The molecule has 0 bridgehead atoms. The number of ether oxygens (including phenoxy) is 3. The molecule has 0 spiro atoms. The van der Waals surface area contributed by atoms with Gasteiger partial charge in [0.2, 0.25) is 0 Å². The molecule has 0 radical (unpaired) electrons. The van der Waals surface area contributed by atoms with Crippen molar-refractivity contribution in [2.45, 2.75) is 5.37 Å². The van der Waals surface area contributed by atoms with Gasteiger partial charge in [-0.3, -0.25) is 4.79 Å². The number of carbonyl (C=O) groups is 1. The maximum atomic E-state index is 13.1. The van der Waals surface area contributed by atoms with Crippen molar-refractivity contribution in [1.82, 2.24) is 4.90 Å². The maximum Gasteiger partial charge on any atom is 0.258 e. The zero-order valence-corrected chi connectivity index (χ0v) is 15.3. The van der Waals surface area contributed by atoms with Crippen LogP contribution in [0.1, 0.15) is 21.3 Å². The summed E-state index contributed by atoms with van der Waals surface area (Å²) in [7, 11) is 4.82. The molecule has 3 rings (SSSR count). The molecule has 2 aromatic carbocycles. The Morgan fingerprint density at radius 3 is 2.36 bits per heavy atom. The van der Waals surface area contributed by atoms with Gasteiger partial charge in [0.15, 0.2) is 0 Å². The van der Waals surface area contributed by atoms with Crippen LogP contribution in [0.2, 0.25) is 0 Å². The summed E-state index contributed by atoms with van der Waals surface area (Å²) in [6, 6.07) is 13.0. The fourth-order valence-electron chi connectivity index (χ4n) is 2.90. The van der Waals surface area contributed by atoms with Crippen molar-refractivity contribution in [1.29, 1.82) is 0 Å². The number of methoxy groups -OCH3 is 3. The van der Waals surface area contributed by atoms with Gasteiger partial charge < -0.3 is 19.1 Å². The molecule has 1 heterocycles. The van der Waals surface area contributed by atoms with E-state index in [1.165, 1.54) is 0 Å². The van der Waals surface area contributed by atoms with Gasteiger partial charge in [-0.1, -0.05) is 12.1 Å². The van der Waals surface area contributed by atoms with E-state index in [0.29, 0.717) is 29.4 Å². The zero-order valence-electron chi connectivity index (χ0n) is 14.5. The highest BCUT2D eigenvalue weighted by Crippen LogP contribution is 2.41. The SMILES string of the molecule is COc1cc(OC)cc(C2SCCN2C(=O)c2ccccc2OC)c1. The molecule has 132 valence electrons. The average molecular weight is 359 g/mol. The molecule has 0 aromatic heterocycles. The normalized spacial score (nSPS) is 16.6. The minimum Gasteiger partial charge on any atom is -0.497 e. The van der Waals surface area contributed by atoms with Crippen LogP contribution >= 0.6 is 11.8 Å². The fourth-order valence-corrected chi connectivity index (χ4v) is 4.14. The Bertz CT molecular complexity index is 743. The number of benzene rings is 2. The van der Waals surface area contributed by atoms with Crippen LogP contribution in [0.5, 0.6) is 17.2 Å². The van der Waals surface area contributed by atoms with Crippen LogP contribution in [0.4, 0.5) is 0 Å². The highest BCUT2D eigenvalue weighted by molar-refractivity contribution is 7.99. The zero-order chi connectivity index (χ0) is 17.8. The Kier molecular flexibility index (Phi) is 5.38. The third kappa shape index (κ3) is 3.54. The lowest BCUT2D eigenvalue weighted by atomic mass is 10.1. The molecule has 0 aliphatic carbocycles. The van der Waals surface area contributed by atoms with E-state index in [1.807, 2.05) is 35.2 Å². The lowest BCUT2D eigenvalue weighted by Gasteiger charge is -2.25. The molecule has 25 heavy (non-hydrogen) atoms. The Morgan fingerprint density at radius 1 is 1.04 bits per heavy atom. The second-order valence-corrected chi connectivity index (χ2v) is 6.76. The number of para-hydroxylation sites is 1. The van der Waals surface area contributed by atoms with Crippen LogP contribution in [-0.2, 0) is 0 Å². The molecule has 2 aromatic rings. The van der Waals surface area contributed by atoms with Crippen molar-refractivity contribution < 1.29 is 19.0 Å². The maximum absolute atomic E-state index is 13.1. The first-order valence-electron chi connectivity index (χ1n) is 7.96. The van der Waals surface area contributed by atoms with Crippen molar-refractivity contribution >= 4 is 17.7 Å². The number of nitrogens with zero attached hydrogens (tertiary/aromatic N) is 1. The van der Waals surface area contributed by atoms with Crippen molar-refractivity contribution in [3.63, 3.8) is 0 Å². The molecule has 1 amide bonds. The van der Waals surface area contributed by atoms with Gasteiger partial charge in [-0.2, -0.15) is 0 Å². The molecular weight excluding hydrogens is 338 g/mol. The van der Waals surface area contributed by atoms with Crippen LogP contribution in [0, 0.1) is 0 Å². The molecule has 1 aliphatic heterocycles. The number of amides is 1. The first kappa shape index (κ1) is 17.5. The predicted octanol–water partition coefficient (Wildman–Crippen LogP) is 3.60. The standard InChI is InChI=1S/C19H21NO4S/c1-22-14-10-13(11-15(12-14)23-2)19-20(8-9-25-19)18(21)16-6-4-5-7-17(16)24-3/h4-7,10-12,19H,8-9H2,1-3H3. The summed E-state index contributed by atoms with van der Waals surface area (Å²) in [5, 5.41) is -0.0820. The molecule has 1 saturated heterocycles. The number of carbonyl (C=O) groups excluding carboxylic acids is 1. The quantitative estimate of drug-likeness (QED) is 0.816. The van der Waals surface area contributed by atoms with Crippen LogP contribution < -0.4 is 14.2 Å². The smallest absolute Gasteiger partial charge is 0.258 e. The van der Waals surface area contributed by atoms with E-state index in [-0.39, 0.29) is 11.3 Å². The van der Waals surface area contributed by atoms with E-state index >= 15 is 0 Å². The van der Waals surface area contributed by atoms with Crippen LogP contribution in [-0.4, -0.2) is 44.4 Å². The molecule has 1 aliphatic rings. The Hall–Kier alpha value is -2.34. The summed E-state index contributed by atoms with van der Waals surface area (Å²) in [5.41, 5.74) is 1.56. The van der Waals surface area contributed by atoms with Gasteiger partial charge in [0, 0.05) is 18.4 Å². The van der Waals surface area contributed by atoms with Gasteiger partial charge in [0.05, 0.1) is 26.9 Å². The molecular formula is C19H21NO4S. The number of hydrogen-bond acceptors (Lipinski definition) is 5. The number of rotatable bonds is 5. The minimum absolute atomic E-state index is 0.0331. The van der Waals surface area contributed by atoms with E-state index in [2.05, 4.69) is 0 Å². The first-order chi connectivity index (χ1) is 12.2. The Balaban J connectivity index is 1.94. The van der Waals surface area contributed by atoms with E-state index in [1.54, 1.807) is 45.2 Å². The highest BCUT2D eigenvalue weighted by atomic mass is 32.2. The van der Waals surface area contributed by atoms with E-state index in [4.69, 9.17) is 14.2 Å². The molecule has 1 fully saturated rings. The van der Waals surface area contributed by atoms with Crippen LogP contribution in [0.15, 0.2) is 42.5 Å². The average Bonchev–Trinajstić information content (AvgIpc) is 3.16. The number of hydrogen-bond donors (Lipinski definition) is 0. The minimum atomic E-state index is -0.0820. The Labute approximate surface area is 151 Å². The second kappa shape index (κ2) is 7.70. The predicted molar refractivity (Wildman–Crippen MR) is 98.8 cm³/mol. The van der Waals surface area contributed by atoms with Crippen molar-refractivity contribution in [2.24, 2.45) is 0 Å². The monoisotopic (exact) mass is 359 g/mol.